The molecule has 0 aliphatic heterocycles. The Morgan fingerprint density at radius 3 is 2.55 bits per heavy atom. The molecule has 14 heteroatoms. The Labute approximate surface area is 241 Å². The molecule has 0 aliphatic carbocycles. The van der Waals surface area contributed by atoms with Gasteiger partial charge in [-0.15, -0.1) is 0 Å². The molecule has 3 rings (SSSR count). The molecule has 3 aromatic rings. The second kappa shape index (κ2) is 14.0. The van der Waals surface area contributed by atoms with E-state index in [1.165, 1.54) is 43.8 Å². The Kier molecular flexibility index (Phi) is 10.8. The van der Waals surface area contributed by atoms with Crippen LogP contribution in [0.4, 0.5) is 44.6 Å². The van der Waals surface area contributed by atoms with Gasteiger partial charge in [0.2, 0.25) is 11.9 Å². The molecule has 214 valence electrons. The van der Waals surface area contributed by atoms with E-state index >= 15 is 0 Å². The van der Waals surface area contributed by atoms with E-state index < -0.39 is 17.2 Å². The first-order valence-corrected chi connectivity index (χ1v) is 13.9. The summed E-state index contributed by atoms with van der Waals surface area (Å²) in [5.41, 5.74) is 2.39. The minimum atomic E-state index is -1.39. The molecule has 0 saturated carbocycles. The standard InChI is InChI=1S/C26H32ClFN8O3S/c1-7-24(37)30-20-13-21(23(39-5)14-22(20)36(4)11-10-35(2)3)32-26-29-15-17(27)25(33-26)31-19-12-16(28)8-9-18(19)34-40(6)38/h7-9,12-15,34H,1,10-11H2,2-6H3,(H,30,37)(H2,29,31,32,33). The maximum atomic E-state index is 14.0. The van der Waals surface area contributed by atoms with Crippen molar-refractivity contribution in [1.82, 2.24) is 14.9 Å². The number of nitrogens with one attached hydrogen (secondary N) is 4. The van der Waals surface area contributed by atoms with Crippen LogP contribution in [0.2, 0.25) is 5.02 Å². The molecule has 0 spiro atoms. The van der Waals surface area contributed by atoms with E-state index in [1.54, 1.807) is 12.1 Å². The smallest absolute Gasteiger partial charge is 0.247 e. The van der Waals surface area contributed by atoms with Crippen LogP contribution in [0.5, 0.6) is 5.75 Å². The molecular weight excluding hydrogens is 559 g/mol. The number of nitrogens with zero attached hydrogens (tertiary/aromatic N) is 4. The third-order valence-electron chi connectivity index (χ3n) is 5.53. The Bertz CT molecular complexity index is 1360. The lowest BCUT2D eigenvalue weighted by atomic mass is 10.2. The quantitative estimate of drug-likeness (QED) is 0.166. The number of benzene rings is 2. The van der Waals surface area contributed by atoms with Gasteiger partial charge in [0.05, 0.1) is 47.4 Å². The number of amides is 1. The number of aromatic nitrogens is 2. The zero-order valence-corrected chi connectivity index (χ0v) is 24.4. The van der Waals surface area contributed by atoms with Crippen molar-refractivity contribution >= 4 is 69.1 Å². The molecule has 0 fully saturated rings. The number of anilines is 7. The summed E-state index contributed by atoms with van der Waals surface area (Å²) in [4.78, 5) is 24.9. The van der Waals surface area contributed by atoms with Crippen molar-refractivity contribution in [3.63, 3.8) is 0 Å². The molecule has 0 bridgehead atoms. The molecule has 0 aliphatic rings. The molecule has 1 amide bonds. The van der Waals surface area contributed by atoms with Crippen LogP contribution in [-0.4, -0.2) is 72.9 Å². The number of carbonyl (C=O) groups is 1. The fourth-order valence-corrected chi connectivity index (χ4v) is 4.16. The lowest BCUT2D eigenvalue weighted by Gasteiger charge is -2.26. The van der Waals surface area contributed by atoms with E-state index in [4.69, 9.17) is 16.3 Å². The zero-order chi connectivity index (χ0) is 29.4. The van der Waals surface area contributed by atoms with Crippen molar-refractivity contribution < 1.29 is 18.5 Å². The Balaban J connectivity index is 1.97. The van der Waals surface area contributed by atoms with Crippen LogP contribution in [0.15, 0.2) is 49.2 Å². The summed E-state index contributed by atoms with van der Waals surface area (Å²) in [6.07, 6.45) is 4.02. The third-order valence-corrected chi connectivity index (χ3v) is 6.32. The van der Waals surface area contributed by atoms with Crippen molar-refractivity contribution in [2.24, 2.45) is 0 Å². The predicted octanol–water partition coefficient (Wildman–Crippen LogP) is 4.59. The van der Waals surface area contributed by atoms with Gasteiger partial charge >= 0.3 is 0 Å². The largest absolute Gasteiger partial charge is 0.593 e. The Morgan fingerprint density at radius 1 is 1.15 bits per heavy atom. The number of hydrogen-bond acceptors (Lipinski definition) is 10. The van der Waals surface area contributed by atoms with Gasteiger partial charge in [-0.2, -0.15) is 4.98 Å². The van der Waals surface area contributed by atoms with Crippen LogP contribution in [0.25, 0.3) is 0 Å². The van der Waals surface area contributed by atoms with E-state index in [9.17, 15) is 13.7 Å². The van der Waals surface area contributed by atoms with Crippen molar-refractivity contribution in [3.8, 4) is 5.75 Å². The van der Waals surface area contributed by atoms with Crippen LogP contribution in [0.1, 0.15) is 0 Å². The first kappa shape index (κ1) is 30.8. The van der Waals surface area contributed by atoms with E-state index in [1.807, 2.05) is 26.0 Å². The van der Waals surface area contributed by atoms with Crippen molar-refractivity contribution in [1.29, 1.82) is 0 Å². The molecule has 2 aromatic carbocycles. The van der Waals surface area contributed by atoms with Crippen molar-refractivity contribution in [2.75, 3.05) is 73.2 Å². The number of halogens is 2. The molecule has 0 radical (unpaired) electrons. The van der Waals surface area contributed by atoms with Gasteiger partial charge in [0.25, 0.3) is 0 Å². The number of rotatable bonds is 13. The summed E-state index contributed by atoms with van der Waals surface area (Å²) in [7, 11) is 7.40. The number of likely N-dealkylation sites (N-methyl/N-ethyl adjacent to an activating group) is 2. The van der Waals surface area contributed by atoms with Crippen molar-refractivity contribution in [2.45, 2.75) is 0 Å². The van der Waals surface area contributed by atoms with Gasteiger partial charge in [0.1, 0.15) is 28.5 Å². The molecule has 11 nitrogen and oxygen atoms in total. The SMILES string of the molecule is C=CC(=O)Nc1cc(Nc2ncc(Cl)c(Nc3cc(F)ccc3N[S+](C)[O-])n2)c(OC)cc1N(C)CCN(C)C. The highest BCUT2D eigenvalue weighted by Crippen LogP contribution is 2.38. The molecule has 1 heterocycles. The molecule has 1 atom stereocenters. The first-order chi connectivity index (χ1) is 19.0. The molecule has 40 heavy (non-hydrogen) atoms. The highest BCUT2D eigenvalue weighted by Gasteiger charge is 2.18. The second-order valence-corrected chi connectivity index (χ2v) is 10.4. The lowest BCUT2D eigenvalue weighted by Crippen LogP contribution is -2.29. The molecule has 1 aromatic heterocycles. The number of hydrogen-bond donors (Lipinski definition) is 4. The van der Waals surface area contributed by atoms with Gasteiger partial charge in [-0.3, -0.25) is 4.79 Å². The topological polar surface area (TPSA) is 130 Å². The minimum Gasteiger partial charge on any atom is -0.593 e. The maximum Gasteiger partial charge on any atom is 0.247 e. The van der Waals surface area contributed by atoms with Crippen LogP contribution < -0.4 is 30.3 Å². The lowest BCUT2D eigenvalue weighted by molar-refractivity contribution is -0.111. The average molecular weight is 591 g/mol. The number of carbonyl (C=O) groups excluding carboxylic acids is 1. The fourth-order valence-electron chi connectivity index (χ4n) is 3.53. The fraction of sp³-hybridized carbons (Fsp3) is 0.269. The number of methoxy groups -OCH3 is 1. The summed E-state index contributed by atoms with van der Waals surface area (Å²) < 4.78 is 34.1. The van der Waals surface area contributed by atoms with Gasteiger partial charge in [-0.05, 0) is 44.4 Å². The third kappa shape index (κ3) is 8.36. The van der Waals surface area contributed by atoms with Gasteiger partial charge in [0.15, 0.2) is 5.82 Å². The van der Waals surface area contributed by atoms with Gasteiger partial charge in [0, 0.05) is 26.2 Å². The van der Waals surface area contributed by atoms with E-state index in [-0.39, 0.29) is 28.4 Å². The van der Waals surface area contributed by atoms with Crippen molar-refractivity contribution in [3.05, 3.63) is 60.0 Å². The molecule has 0 saturated heterocycles. The summed E-state index contributed by atoms with van der Waals surface area (Å²) >= 11 is 4.94. The van der Waals surface area contributed by atoms with Crippen LogP contribution in [0, 0.1) is 5.82 Å². The zero-order valence-electron chi connectivity index (χ0n) is 22.8. The van der Waals surface area contributed by atoms with Crippen LogP contribution >= 0.6 is 11.6 Å². The Hall–Kier alpha value is -3.78. The summed E-state index contributed by atoms with van der Waals surface area (Å²) in [5.74, 6) is -0.0924. The monoisotopic (exact) mass is 590 g/mol. The highest BCUT2D eigenvalue weighted by atomic mass is 35.5. The van der Waals surface area contributed by atoms with Gasteiger partial charge in [-0.1, -0.05) is 18.2 Å². The van der Waals surface area contributed by atoms with E-state index in [2.05, 4.69) is 42.1 Å². The first-order valence-electron chi connectivity index (χ1n) is 12.0. The second-order valence-electron chi connectivity index (χ2n) is 8.87. The summed E-state index contributed by atoms with van der Waals surface area (Å²) in [6, 6.07) is 7.42. The highest BCUT2D eigenvalue weighted by molar-refractivity contribution is 7.92. The Morgan fingerprint density at radius 2 is 1.90 bits per heavy atom. The minimum absolute atomic E-state index is 0.143. The molecule has 4 N–H and O–H groups in total. The average Bonchev–Trinajstić information content (AvgIpc) is 2.90. The summed E-state index contributed by atoms with van der Waals surface area (Å²) in [6.45, 7) is 5.02. The van der Waals surface area contributed by atoms with Crippen LogP contribution in [0.3, 0.4) is 0 Å². The number of ether oxygens (including phenoxy) is 1. The van der Waals surface area contributed by atoms with E-state index in [0.29, 0.717) is 29.4 Å². The van der Waals surface area contributed by atoms with Gasteiger partial charge in [-0.25, -0.2) is 14.1 Å². The molecular formula is C26H32ClFN8O3S. The van der Waals surface area contributed by atoms with Gasteiger partial charge < -0.3 is 35.0 Å². The predicted molar refractivity (Wildman–Crippen MR) is 161 cm³/mol. The molecule has 1 unspecified atom stereocenters. The maximum absolute atomic E-state index is 14.0. The summed E-state index contributed by atoms with van der Waals surface area (Å²) in [5, 5.41) is 9.06. The van der Waals surface area contributed by atoms with E-state index in [0.717, 1.165) is 12.2 Å². The normalized spacial score (nSPS) is 11.5. The van der Waals surface area contributed by atoms with Crippen LogP contribution in [-0.2, 0) is 16.2 Å².